The Morgan fingerprint density at radius 3 is 2.52 bits per heavy atom. The third kappa shape index (κ3) is 5.47. The van der Waals surface area contributed by atoms with Crippen LogP contribution in [0.15, 0.2) is 29.2 Å². The van der Waals surface area contributed by atoms with E-state index in [1.807, 2.05) is 43.1 Å². The van der Waals surface area contributed by atoms with Crippen molar-refractivity contribution in [2.45, 2.75) is 55.8 Å². The van der Waals surface area contributed by atoms with Gasteiger partial charge >= 0.3 is 0 Å². The quantitative estimate of drug-likeness (QED) is 0.817. The summed E-state index contributed by atoms with van der Waals surface area (Å²) in [4.78, 5) is 29.2. The molecule has 5 nitrogen and oxygen atoms in total. The van der Waals surface area contributed by atoms with Gasteiger partial charge in [0.1, 0.15) is 0 Å². The normalized spacial score (nSPS) is 22.3. The molecule has 0 aromatic heterocycles. The first-order valence-corrected chi connectivity index (χ1v) is 9.67. The molecular weight excluding hydrogens is 334 g/mol. The summed E-state index contributed by atoms with van der Waals surface area (Å²) in [6, 6.07) is 8.45. The number of carbonyl (C=O) groups is 2. The fraction of sp³-hybridized carbons (Fsp3) is 0.579. The second-order valence-electron chi connectivity index (χ2n) is 6.92. The van der Waals surface area contributed by atoms with Gasteiger partial charge in [0, 0.05) is 43.2 Å². The lowest BCUT2D eigenvalue weighted by molar-refractivity contribution is -0.132. The highest BCUT2D eigenvalue weighted by Gasteiger charge is 2.30. The summed E-state index contributed by atoms with van der Waals surface area (Å²) in [6.45, 7) is 6.71. The highest BCUT2D eigenvalue weighted by Crippen LogP contribution is 2.27. The maximum atomic E-state index is 12.8. The molecule has 1 saturated heterocycles. The Bertz CT molecular complexity index is 605. The van der Waals surface area contributed by atoms with Crippen LogP contribution in [0.25, 0.3) is 0 Å². The van der Waals surface area contributed by atoms with Gasteiger partial charge in [0.2, 0.25) is 11.8 Å². The van der Waals surface area contributed by atoms with Crippen molar-refractivity contribution in [1.29, 1.82) is 0 Å². The Kier molecular flexibility index (Phi) is 6.90. The number of likely N-dealkylation sites (tertiary alicyclic amines) is 1. The van der Waals surface area contributed by atoms with Crippen LogP contribution in [0.2, 0.25) is 0 Å². The van der Waals surface area contributed by atoms with E-state index < -0.39 is 0 Å². The van der Waals surface area contributed by atoms with E-state index in [4.69, 9.17) is 0 Å². The highest BCUT2D eigenvalue weighted by atomic mass is 32.2. The number of carbonyl (C=O) groups excluding carboxylic acids is 2. The van der Waals surface area contributed by atoms with Crippen molar-refractivity contribution in [3.8, 4) is 0 Å². The standard InChI is InChI=1S/C19H29N3O2S/c1-13-12-17(10-11-21(13)4)22(5)19(24)14(2)25-18-8-6-16(7-9-18)20-15(3)23/h6-9,13-14,17H,10-12H2,1-5H3,(H,20,23). The van der Waals surface area contributed by atoms with Crippen LogP contribution in [-0.2, 0) is 9.59 Å². The van der Waals surface area contributed by atoms with Gasteiger partial charge in [0.05, 0.1) is 5.25 Å². The van der Waals surface area contributed by atoms with Crippen molar-refractivity contribution in [2.24, 2.45) is 0 Å². The van der Waals surface area contributed by atoms with Gasteiger partial charge in [0.25, 0.3) is 0 Å². The summed E-state index contributed by atoms with van der Waals surface area (Å²) in [5.74, 6) is 0.0932. The third-order valence-electron chi connectivity index (χ3n) is 4.91. The molecule has 1 heterocycles. The molecule has 3 unspecified atom stereocenters. The van der Waals surface area contributed by atoms with E-state index in [0.29, 0.717) is 12.1 Å². The molecule has 2 rings (SSSR count). The second-order valence-corrected chi connectivity index (χ2v) is 8.34. The summed E-state index contributed by atoms with van der Waals surface area (Å²) < 4.78 is 0. The molecule has 0 saturated carbocycles. The van der Waals surface area contributed by atoms with E-state index >= 15 is 0 Å². The Labute approximate surface area is 155 Å². The Morgan fingerprint density at radius 2 is 1.96 bits per heavy atom. The zero-order chi connectivity index (χ0) is 18.6. The number of nitrogens with one attached hydrogen (secondary N) is 1. The summed E-state index contributed by atoms with van der Waals surface area (Å²) in [6.07, 6.45) is 2.06. The number of thioether (sulfide) groups is 1. The van der Waals surface area contributed by atoms with E-state index in [1.165, 1.54) is 6.92 Å². The summed E-state index contributed by atoms with van der Waals surface area (Å²) >= 11 is 1.56. The lowest BCUT2D eigenvalue weighted by atomic mass is 9.97. The first kappa shape index (κ1) is 19.8. The maximum absolute atomic E-state index is 12.8. The number of amides is 2. The van der Waals surface area contributed by atoms with Gasteiger partial charge in [-0.3, -0.25) is 9.59 Å². The van der Waals surface area contributed by atoms with Crippen LogP contribution < -0.4 is 5.32 Å². The van der Waals surface area contributed by atoms with Crippen molar-refractivity contribution in [3.63, 3.8) is 0 Å². The smallest absolute Gasteiger partial charge is 0.235 e. The fourth-order valence-corrected chi connectivity index (χ4v) is 4.13. The number of hydrogen-bond donors (Lipinski definition) is 1. The lowest BCUT2D eigenvalue weighted by Crippen LogP contribution is -2.49. The minimum atomic E-state index is -0.133. The Hall–Kier alpha value is -1.53. The average Bonchev–Trinajstić information content (AvgIpc) is 2.57. The molecule has 0 radical (unpaired) electrons. The van der Waals surface area contributed by atoms with Crippen LogP contribution in [0, 0.1) is 0 Å². The Morgan fingerprint density at radius 1 is 1.32 bits per heavy atom. The molecule has 3 atom stereocenters. The fourth-order valence-electron chi connectivity index (χ4n) is 3.16. The monoisotopic (exact) mass is 363 g/mol. The van der Waals surface area contributed by atoms with Crippen LogP contribution in [0.4, 0.5) is 5.69 Å². The first-order chi connectivity index (χ1) is 11.8. The van der Waals surface area contributed by atoms with Crippen molar-refractivity contribution < 1.29 is 9.59 Å². The minimum Gasteiger partial charge on any atom is -0.342 e. The molecule has 1 N–H and O–H groups in total. The van der Waals surface area contributed by atoms with Crippen LogP contribution in [0.1, 0.15) is 33.6 Å². The maximum Gasteiger partial charge on any atom is 0.235 e. The number of anilines is 1. The molecule has 6 heteroatoms. The molecule has 1 aliphatic rings. The van der Waals surface area contributed by atoms with Crippen LogP contribution in [0.3, 0.4) is 0 Å². The van der Waals surface area contributed by atoms with Crippen molar-refractivity contribution in [1.82, 2.24) is 9.80 Å². The summed E-state index contributed by atoms with van der Waals surface area (Å²) in [5.41, 5.74) is 0.772. The van der Waals surface area contributed by atoms with Gasteiger partial charge in [0.15, 0.2) is 0 Å². The molecule has 1 aromatic rings. The van der Waals surface area contributed by atoms with E-state index in [-0.39, 0.29) is 17.1 Å². The third-order valence-corrected chi connectivity index (χ3v) is 6.01. The van der Waals surface area contributed by atoms with Crippen LogP contribution in [-0.4, -0.2) is 59.6 Å². The topological polar surface area (TPSA) is 52.7 Å². The van der Waals surface area contributed by atoms with Crippen molar-refractivity contribution >= 4 is 29.3 Å². The molecular formula is C19H29N3O2S. The molecule has 2 amide bonds. The molecule has 1 aliphatic heterocycles. The van der Waals surface area contributed by atoms with Crippen LogP contribution in [0.5, 0.6) is 0 Å². The van der Waals surface area contributed by atoms with Crippen LogP contribution >= 0.6 is 11.8 Å². The predicted octanol–water partition coefficient (Wildman–Crippen LogP) is 3.07. The minimum absolute atomic E-state index is 0.0853. The first-order valence-electron chi connectivity index (χ1n) is 8.79. The van der Waals surface area contributed by atoms with Gasteiger partial charge < -0.3 is 15.1 Å². The average molecular weight is 364 g/mol. The van der Waals surface area contributed by atoms with Gasteiger partial charge in [-0.2, -0.15) is 0 Å². The molecule has 138 valence electrons. The molecule has 0 bridgehead atoms. The molecule has 25 heavy (non-hydrogen) atoms. The van der Waals surface area contributed by atoms with Gasteiger partial charge in [-0.05, 0) is 58.0 Å². The molecule has 1 aromatic carbocycles. The van der Waals surface area contributed by atoms with Gasteiger partial charge in [-0.15, -0.1) is 11.8 Å². The number of piperidine rings is 1. The zero-order valence-corrected chi connectivity index (χ0v) is 16.6. The summed E-state index contributed by atoms with van der Waals surface area (Å²) in [5, 5.41) is 2.62. The molecule has 1 fully saturated rings. The van der Waals surface area contributed by atoms with E-state index in [0.717, 1.165) is 30.0 Å². The largest absolute Gasteiger partial charge is 0.342 e. The van der Waals surface area contributed by atoms with Gasteiger partial charge in [-0.25, -0.2) is 0 Å². The summed E-state index contributed by atoms with van der Waals surface area (Å²) in [7, 11) is 4.08. The Balaban J connectivity index is 1.92. The van der Waals surface area contributed by atoms with E-state index in [2.05, 4.69) is 24.2 Å². The predicted molar refractivity (Wildman–Crippen MR) is 104 cm³/mol. The lowest BCUT2D eigenvalue weighted by Gasteiger charge is -2.40. The number of benzene rings is 1. The molecule has 0 spiro atoms. The number of nitrogens with zero attached hydrogens (tertiary/aromatic N) is 2. The SMILES string of the molecule is CC(=O)Nc1ccc(SC(C)C(=O)N(C)C2CCN(C)C(C)C2)cc1. The van der Waals surface area contributed by atoms with E-state index in [9.17, 15) is 9.59 Å². The highest BCUT2D eigenvalue weighted by molar-refractivity contribution is 8.00. The number of hydrogen-bond acceptors (Lipinski definition) is 4. The zero-order valence-electron chi connectivity index (χ0n) is 15.8. The van der Waals surface area contributed by atoms with Crippen molar-refractivity contribution in [2.75, 3.05) is 26.0 Å². The van der Waals surface area contributed by atoms with E-state index in [1.54, 1.807) is 11.8 Å². The van der Waals surface area contributed by atoms with Gasteiger partial charge in [-0.1, -0.05) is 0 Å². The second kappa shape index (κ2) is 8.72. The van der Waals surface area contributed by atoms with Crippen molar-refractivity contribution in [3.05, 3.63) is 24.3 Å². The molecule has 0 aliphatic carbocycles. The number of rotatable bonds is 5.